The van der Waals surface area contributed by atoms with Crippen molar-refractivity contribution in [2.24, 2.45) is 0 Å². The van der Waals surface area contributed by atoms with E-state index < -0.39 is 25.5 Å². The summed E-state index contributed by atoms with van der Waals surface area (Å²) in [5.41, 5.74) is 0. The zero-order valence-electron chi connectivity index (χ0n) is 7.12. The molecule has 1 rings (SSSR count). The molecule has 1 aliphatic carbocycles. The van der Waals surface area contributed by atoms with Gasteiger partial charge in [-0.05, 0) is 25.3 Å². The van der Waals surface area contributed by atoms with E-state index in [1.54, 1.807) is 0 Å². The molecule has 0 radical (unpaired) electrons. The number of hydrogen-bond donors (Lipinski definition) is 2. The van der Waals surface area contributed by atoms with Gasteiger partial charge in [-0.1, -0.05) is 0 Å². The Labute approximate surface area is 82.1 Å². The molecule has 1 aliphatic rings. The second kappa shape index (κ2) is 3.61. The van der Waals surface area contributed by atoms with Gasteiger partial charge in [0.2, 0.25) is 0 Å². The van der Waals surface area contributed by atoms with Gasteiger partial charge in [-0.15, -0.1) is 0 Å². The van der Waals surface area contributed by atoms with Gasteiger partial charge in [-0.25, -0.2) is 0 Å². The molecule has 0 spiro atoms. The Kier molecular flexibility index (Phi) is 3.00. The smallest absolute Gasteiger partial charge is 0.285 e. The van der Waals surface area contributed by atoms with Crippen LogP contribution >= 0.6 is 0 Å². The van der Waals surface area contributed by atoms with Gasteiger partial charge in [0.1, 0.15) is 5.25 Å². The molecule has 0 amide bonds. The van der Waals surface area contributed by atoms with E-state index in [-0.39, 0.29) is 17.7 Å². The van der Waals surface area contributed by atoms with Crippen LogP contribution in [0.5, 0.6) is 0 Å². The molecule has 0 aromatic heterocycles. The molecule has 0 heterocycles. The molecule has 0 bridgehead atoms. The summed E-state index contributed by atoms with van der Waals surface area (Å²) >= 11 is 0. The van der Waals surface area contributed by atoms with Crippen LogP contribution in [0.2, 0.25) is 0 Å². The van der Waals surface area contributed by atoms with Crippen molar-refractivity contribution in [3.63, 3.8) is 0 Å². The third-order valence-corrected chi connectivity index (χ3v) is 4.14. The van der Waals surface area contributed by atoms with Crippen molar-refractivity contribution in [2.75, 3.05) is 0 Å². The van der Waals surface area contributed by atoms with Gasteiger partial charge in [0.05, 0.1) is 4.91 Å². The van der Waals surface area contributed by atoms with E-state index in [1.807, 2.05) is 0 Å². The summed E-state index contributed by atoms with van der Waals surface area (Å²) in [4.78, 5) is -0.341. The molecule has 0 saturated carbocycles. The lowest BCUT2D eigenvalue weighted by atomic mass is 10.1. The minimum absolute atomic E-state index is 0.102. The topological polar surface area (TPSA) is 109 Å². The van der Waals surface area contributed by atoms with Gasteiger partial charge >= 0.3 is 0 Å². The standard InChI is InChI=1S/C6H10O6S2/c7-13(8,9)5-2-1-3-6(4-5)14(10,11)12/h4-5H,1-3H2,(H,7,8,9)(H,10,11,12). The van der Waals surface area contributed by atoms with E-state index in [2.05, 4.69) is 0 Å². The summed E-state index contributed by atoms with van der Waals surface area (Å²) in [5, 5.41) is -1.23. The molecule has 6 nitrogen and oxygen atoms in total. The maximum Gasteiger partial charge on any atom is 0.290 e. The molecule has 14 heavy (non-hydrogen) atoms. The Morgan fingerprint density at radius 2 is 1.79 bits per heavy atom. The average molecular weight is 242 g/mol. The fourth-order valence-corrected chi connectivity index (χ4v) is 2.93. The van der Waals surface area contributed by atoms with E-state index in [4.69, 9.17) is 9.11 Å². The highest BCUT2D eigenvalue weighted by atomic mass is 32.2. The van der Waals surface area contributed by atoms with Gasteiger partial charge in [0.15, 0.2) is 0 Å². The summed E-state index contributed by atoms with van der Waals surface area (Å²) in [7, 11) is -8.60. The minimum Gasteiger partial charge on any atom is -0.285 e. The summed E-state index contributed by atoms with van der Waals surface area (Å²) in [6, 6.07) is 0. The van der Waals surface area contributed by atoms with Gasteiger partial charge in [-0.2, -0.15) is 16.8 Å². The lowest BCUT2D eigenvalue weighted by molar-refractivity contribution is 0.466. The Bertz CT molecular complexity index is 443. The van der Waals surface area contributed by atoms with E-state index in [1.165, 1.54) is 0 Å². The second-order valence-corrected chi connectivity index (χ2v) is 6.16. The van der Waals surface area contributed by atoms with Crippen LogP contribution < -0.4 is 0 Å². The first-order valence-electron chi connectivity index (χ1n) is 3.86. The van der Waals surface area contributed by atoms with Crippen molar-refractivity contribution in [3.8, 4) is 0 Å². The highest BCUT2D eigenvalue weighted by Crippen LogP contribution is 2.25. The van der Waals surface area contributed by atoms with Crippen LogP contribution in [-0.2, 0) is 20.2 Å². The Morgan fingerprint density at radius 1 is 1.21 bits per heavy atom. The summed E-state index contributed by atoms with van der Waals surface area (Å²) in [6.45, 7) is 0. The second-order valence-electron chi connectivity index (χ2n) is 3.05. The predicted molar refractivity (Wildman–Crippen MR) is 48.8 cm³/mol. The van der Waals surface area contributed by atoms with Crippen LogP contribution in [0.4, 0.5) is 0 Å². The molecule has 1 unspecified atom stereocenters. The zero-order valence-corrected chi connectivity index (χ0v) is 8.75. The third-order valence-electron chi connectivity index (χ3n) is 2.00. The maximum absolute atomic E-state index is 10.7. The average Bonchev–Trinajstić information content (AvgIpc) is 2.01. The fourth-order valence-electron chi connectivity index (χ4n) is 1.30. The Morgan fingerprint density at radius 3 is 2.21 bits per heavy atom. The highest BCUT2D eigenvalue weighted by Gasteiger charge is 2.28. The quantitative estimate of drug-likeness (QED) is 0.669. The lowest BCUT2D eigenvalue weighted by Crippen LogP contribution is -2.23. The van der Waals surface area contributed by atoms with Crippen LogP contribution in [0.15, 0.2) is 11.0 Å². The first-order chi connectivity index (χ1) is 6.21. The van der Waals surface area contributed by atoms with Crippen LogP contribution in [0.25, 0.3) is 0 Å². The molecule has 0 fully saturated rings. The molecular weight excluding hydrogens is 232 g/mol. The normalized spacial score (nSPS) is 24.4. The third kappa shape index (κ3) is 2.77. The highest BCUT2D eigenvalue weighted by molar-refractivity contribution is 7.90. The minimum atomic E-state index is -4.33. The molecule has 2 N–H and O–H groups in total. The van der Waals surface area contributed by atoms with Crippen molar-refractivity contribution in [3.05, 3.63) is 11.0 Å². The molecular formula is C6H10O6S2. The molecule has 0 aromatic carbocycles. The van der Waals surface area contributed by atoms with Gasteiger partial charge in [-0.3, -0.25) is 9.11 Å². The van der Waals surface area contributed by atoms with Crippen molar-refractivity contribution in [1.82, 2.24) is 0 Å². The van der Waals surface area contributed by atoms with Crippen LogP contribution in [0.3, 0.4) is 0 Å². The number of rotatable bonds is 2. The zero-order chi connectivity index (χ0) is 11.0. The van der Waals surface area contributed by atoms with Crippen LogP contribution in [-0.4, -0.2) is 31.2 Å². The van der Waals surface area contributed by atoms with Crippen molar-refractivity contribution in [2.45, 2.75) is 24.5 Å². The molecule has 0 saturated heterocycles. The van der Waals surface area contributed by atoms with E-state index >= 15 is 0 Å². The Hall–Kier alpha value is -0.440. The SMILES string of the molecule is O=S(=O)(O)C1=CC(S(=O)(=O)O)CCC1. The summed E-state index contributed by atoms with van der Waals surface area (Å²) < 4.78 is 60.1. The van der Waals surface area contributed by atoms with Crippen molar-refractivity contribution < 1.29 is 25.9 Å². The van der Waals surface area contributed by atoms with Crippen molar-refractivity contribution >= 4 is 20.2 Å². The van der Waals surface area contributed by atoms with E-state index in [0.29, 0.717) is 6.42 Å². The summed E-state index contributed by atoms with van der Waals surface area (Å²) in [5.74, 6) is 0. The first kappa shape index (κ1) is 11.6. The van der Waals surface area contributed by atoms with Gasteiger partial charge < -0.3 is 0 Å². The number of allylic oxidation sites excluding steroid dienone is 1. The fraction of sp³-hybridized carbons (Fsp3) is 0.667. The maximum atomic E-state index is 10.7. The van der Waals surface area contributed by atoms with Crippen molar-refractivity contribution in [1.29, 1.82) is 0 Å². The molecule has 0 aliphatic heterocycles. The lowest BCUT2D eigenvalue weighted by Gasteiger charge is -2.16. The monoisotopic (exact) mass is 242 g/mol. The molecule has 82 valence electrons. The molecule has 1 atom stereocenters. The van der Waals surface area contributed by atoms with Gasteiger partial charge in [0.25, 0.3) is 20.2 Å². The van der Waals surface area contributed by atoms with E-state index in [0.717, 1.165) is 6.08 Å². The first-order valence-corrected chi connectivity index (χ1v) is 6.80. The van der Waals surface area contributed by atoms with E-state index in [9.17, 15) is 16.8 Å². The Balaban J connectivity index is 3.09. The summed E-state index contributed by atoms with van der Waals surface area (Å²) in [6.07, 6.45) is 1.45. The predicted octanol–water partition coefficient (Wildman–Crippen LogP) is 0.198. The number of hydrogen-bond acceptors (Lipinski definition) is 4. The molecule has 8 heteroatoms. The van der Waals surface area contributed by atoms with Crippen LogP contribution in [0.1, 0.15) is 19.3 Å². The van der Waals surface area contributed by atoms with Gasteiger partial charge in [0, 0.05) is 0 Å². The molecule has 0 aromatic rings. The largest absolute Gasteiger partial charge is 0.290 e. The van der Waals surface area contributed by atoms with Crippen LogP contribution in [0, 0.1) is 0 Å².